The standard InChI is InChI=1S/C10H13F3O4SSi/c1-19(2,3)17-9-7-5-4-6-8(9)16-18(14,15)10(11,12)13/h4-7H,1-3H3. The SMILES string of the molecule is C[Si](C)(C)Oc1ccccc1OS(=O)(=O)C(F)(F)F. The van der Waals surface area contributed by atoms with Gasteiger partial charge in [-0.3, -0.25) is 0 Å². The monoisotopic (exact) mass is 314 g/mol. The fourth-order valence-corrected chi connectivity index (χ4v) is 2.40. The molecule has 0 aliphatic heterocycles. The van der Waals surface area contributed by atoms with Crippen molar-refractivity contribution in [3.8, 4) is 11.5 Å². The molecule has 1 aromatic carbocycles. The molecule has 0 radical (unpaired) electrons. The van der Waals surface area contributed by atoms with Crippen LogP contribution in [0.2, 0.25) is 19.6 Å². The van der Waals surface area contributed by atoms with Crippen molar-refractivity contribution in [1.82, 2.24) is 0 Å². The molecule has 1 aromatic rings. The Labute approximate surface area is 110 Å². The fourth-order valence-electron chi connectivity index (χ4n) is 1.10. The summed E-state index contributed by atoms with van der Waals surface area (Å²) in [7, 11) is -7.80. The third-order valence-electron chi connectivity index (χ3n) is 1.75. The largest absolute Gasteiger partial charge is 0.542 e. The van der Waals surface area contributed by atoms with Gasteiger partial charge in [-0.25, -0.2) is 0 Å². The van der Waals surface area contributed by atoms with Crippen LogP contribution in [0.5, 0.6) is 11.5 Å². The zero-order valence-electron chi connectivity index (χ0n) is 10.5. The highest BCUT2D eigenvalue weighted by atomic mass is 32.2. The van der Waals surface area contributed by atoms with Crippen molar-refractivity contribution in [1.29, 1.82) is 0 Å². The molecule has 108 valence electrons. The second-order valence-electron chi connectivity index (χ2n) is 4.64. The molecule has 9 heteroatoms. The molecular weight excluding hydrogens is 301 g/mol. The number of hydrogen-bond acceptors (Lipinski definition) is 4. The topological polar surface area (TPSA) is 52.6 Å². The molecular formula is C10H13F3O4SSi. The van der Waals surface area contributed by atoms with Gasteiger partial charge in [0.25, 0.3) is 0 Å². The highest BCUT2D eigenvalue weighted by Crippen LogP contribution is 2.33. The quantitative estimate of drug-likeness (QED) is 0.487. The summed E-state index contributed by atoms with van der Waals surface area (Å²) in [5.74, 6) is -0.489. The zero-order chi connectivity index (χ0) is 14.9. The van der Waals surface area contributed by atoms with E-state index >= 15 is 0 Å². The molecule has 0 amide bonds. The maximum absolute atomic E-state index is 12.2. The summed E-state index contributed by atoms with van der Waals surface area (Å²) in [6, 6.07) is 5.35. The molecule has 0 heterocycles. The molecule has 0 aromatic heterocycles. The Morgan fingerprint density at radius 2 is 1.53 bits per heavy atom. The van der Waals surface area contributed by atoms with E-state index in [2.05, 4.69) is 4.18 Å². The molecule has 0 bridgehead atoms. The third-order valence-corrected chi connectivity index (χ3v) is 3.55. The molecule has 1 rings (SSSR count). The predicted octanol–water partition coefficient (Wildman–Crippen LogP) is 3.13. The van der Waals surface area contributed by atoms with Crippen molar-refractivity contribution >= 4 is 18.4 Å². The van der Waals surface area contributed by atoms with Crippen LogP contribution in [0.15, 0.2) is 24.3 Å². The van der Waals surface area contributed by atoms with E-state index in [1.165, 1.54) is 18.2 Å². The van der Waals surface area contributed by atoms with Gasteiger partial charge >= 0.3 is 15.6 Å². The molecule has 0 N–H and O–H groups in total. The maximum atomic E-state index is 12.2. The van der Waals surface area contributed by atoms with Gasteiger partial charge in [0.1, 0.15) is 5.75 Å². The lowest BCUT2D eigenvalue weighted by Crippen LogP contribution is -2.31. The van der Waals surface area contributed by atoms with E-state index in [9.17, 15) is 21.6 Å². The normalized spacial score (nSPS) is 13.2. The van der Waals surface area contributed by atoms with Crippen LogP contribution in [0.3, 0.4) is 0 Å². The Kier molecular flexibility index (Phi) is 4.20. The Balaban J connectivity index is 3.10. The molecule has 0 aliphatic rings. The first-order valence-electron chi connectivity index (χ1n) is 5.21. The van der Waals surface area contributed by atoms with Gasteiger partial charge in [0, 0.05) is 0 Å². The average molecular weight is 314 g/mol. The number of benzene rings is 1. The smallest absolute Gasteiger partial charge is 0.534 e. The molecule has 0 spiro atoms. The summed E-state index contributed by atoms with van der Waals surface area (Å²) in [6.07, 6.45) is 0. The van der Waals surface area contributed by atoms with Gasteiger partial charge in [-0.1, -0.05) is 12.1 Å². The first-order valence-corrected chi connectivity index (χ1v) is 10.0. The van der Waals surface area contributed by atoms with Gasteiger partial charge in [0.05, 0.1) is 0 Å². The first-order chi connectivity index (χ1) is 8.42. The van der Waals surface area contributed by atoms with E-state index in [1.54, 1.807) is 0 Å². The molecule has 19 heavy (non-hydrogen) atoms. The van der Waals surface area contributed by atoms with E-state index in [0.29, 0.717) is 0 Å². The van der Waals surface area contributed by atoms with Crippen LogP contribution >= 0.6 is 0 Å². The molecule has 0 saturated carbocycles. The first kappa shape index (κ1) is 15.8. The van der Waals surface area contributed by atoms with Gasteiger partial charge in [-0.05, 0) is 31.8 Å². The Hall–Kier alpha value is -1.22. The van der Waals surface area contributed by atoms with Crippen LogP contribution in [0, 0.1) is 0 Å². The van der Waals surface area contributed by atoms with Crippen molar-refractivity contribution in [2.75, 3.05) is 0 Å². The number of para-hydroxylation sites is 2. The van der Waals surface area contributed by atoms with Crippen LogP contribution in [0.4, 0.5) is 13.2 Å². The van der Waals surface area contributed by atoms with E-state index in [1.807, 2.05) is 19.6 Å². The number of rotatable bonds is 4. The Bertz CT molecular complexity index is 549. The van der Waals surface area contributed by atoms with Gasteiger partial charge in [-0.15, -0.1) is 0 Å². The Morgan fingerprint density at radius 3 is 1.95 bits per heavy atom. The second kappa shape index (κ2) is 5.04. The van der Waals surface area contributed by atoms with Crippen molar-refractivity contribution in [3.05, 3.63) is 24.3 Å². The van der Waals surface area contributed by atoms with E-state index in [-0.39, 0.29) is 5.75 Å². The minimum atomic E-state index is -5.69. The summed E-state index contributed by atoms with van der Waals surface area (Å²) in [5, 5.41) is 0. The van der Waals surface area contributed by atoms with Crippen molar-refractivity contribution < 1.29 is 30.2 Å². The molecule has 0 unspecified atom stereocenters. The Morgan fingerprint density at radius 1 is 1.05 bits per heavy atom. The lowest BCUT2D eigenvalue weighted by molar-refractivity contribution is -0.0500. The molecule has 0 fully saturated rings. The number of hydrogen-bond donors (Lipinski definition) is 0. The van der Waals surface area contributed by atoms with Crippen LogP contribution in [-0.2, 0) is 10.1 Å². The average Bonchev–Trinajstić information content (AvgIpc) is 2.16. The summed E-state index contributed by atoms with van der Waals surface area (Å²) >= 11 is 0. The van der Waals surface area contributed by atoms with Crippen LogP contribution in [-0.4, -0.2) is 22.2 Å². The summed E-state index contributed by atoms with van der Waals surface area (Å²) in [4.78, 5) is 0. The van der Waals surface area contributed by atoms with Gasteiger partial charge in [0.15, 0.2) is 5.75 Å². The maximum Gasteiger partial charge on any atom is 0.534 e. The highest BCUT2D eigenvalue weighted by molar-refractivity contribution is 7.88. The fraction of sp³-hybridized carbons (Fsp3) is 0.400. The zero-order valence-corrected chi connectivity index (χ0v) is 12.3. The van der Waals surface area contributed by atoms with Gasteiger partial charge < -0.3 is 8.61 Å². The van der Waals surface area contributed by atoms with E-state index < -0.39 is 29.7 Å². The van der Waals surface area contributed by atoms with Crippen molar-refractivity contribution in [2.24, 2.45) is 0 Å². The molecule has 0 atom stereocenters. The van der Waals surface area contributed by atoms with Crippen LogP contribution in [0.25, 0.3) is 0 Å². The van der Waals surface area contributed by atoms with Crippen LogP contribution in [0.1, 0.15) is 0 Å². The van der Waals surface area contributed by atoms with Crippen molar-refractivity contribution in [2.45, 2.75) is 25.1 Å². The molecule has 0 aliphatic carbocycles. The minimum Gasteiger partial charge on any atom is -0.542 e. The lowest BCUT2D eigenvalue weighted by atomic mass is 10.3. The van der Waals surface area contributed by atoms with Crippen molar-refractivity contribution in [3.63, 3.8) is 0 Å². The molecule has 0 saturated heterocycles. The summed E-state index contributed by atoms with van der Waals surface area (Å²) in [5.41, 5.74) is -5.47. The second-order valence-corrected chi connectivity index (χ2v) is 10.6. The van der Waals surface area contributed by atoms with Gasteiger partial charge in [-0.2, -0.15) is 21.6 Å². The van der Waals surface area contributed by atoms with E-state index in [0.717, 1.165) is 6.07 Å². The molecule has 4 nitrogen and oxygen atoms in total. The lowest BCUT2D eigenvalue weighted by Gasteiger charge is -2.21. The van der Waals surface area contributed by atoms with Crippen LogP contribution < -0.4 is 8.61 Å². The van der Waals surface area contributed by atoms with E-state index in [4.69, 9.17) is 4.43 Å². The summed E-state index contributed by atoms with van der Waals surface area (Å²) in [6.45, 7) is 5.42. The predicted molar refractivity (Wildman–Crippen MR) is 66.0 cm³/mol. The minimum absolute atomic E-state index is 0.0190. The number of halogens is 3. The number of alkyl halides is 3. The summed E-state index contributed by atoms with van der Waals surface area (Å²) < 4.78 is 68.2. The van der Waals surface area contributed by atoms with Gasteiger partial charge in [0.2, 0.25) is 8.32 Å². The highest BCUT2D eigenvalue weighted by Gasteiger charge is 2.49. The third kappa shape index (κ3) is 4.42.